The molecule has 2 N–H and O–H groups in total. The highest BCUT2D eigenvalue weighted by molar-refractivity contribution is 14.0. The van der Waals surface area contributed by atoms with Gasteiger partial charge in [-0.2, -0.15) is 0 Å². The van der Waals surface area contributed by atoms with Crippen LogP contribution in [0.4, 0.5) is 0 Å². The Labute approximate surface area is 147 Å². The lowest BCUT2D eigenvalue weighted by Crippen LogP contribution is -2.48. The van der Waals surface area contributed by atoms with Crippen LogP contribution >= 0.6 is 24.0 Å². The second-order valence-electron chi connectivity index (χ2n) is 6.42. The molecule has 0 spiro atoms. The molecule has 0 amide bonds. The number of nitrogens with one attached hydrogen (secondary N) is 2. The standard InChI is InChI=1S/C15H32N4O.HI/c1-6-16-14(18-15(2,3)4)17-12-13-8-7-9-19(13)10-11-20-5;/h13H,6-12H2,1-5H3,(H2,16,17,18);1H. The normalized spacial score (nSPS) is 20.2. The molecule has 0 aromatic carbocycles. The maximum Gasteiger partial charge on any atom is 0.191 e. The van der Waals surface area contributed by atoms with E-state index >= 15 is 0 Å². The highest BCUT2D eigenvalue weighted by Gasteiger charge is 2.24. The van der Waals surface area contributed by atoms with Gasteiger partial charge >= 0.3 is 0 Å². The van der Waals surface area contributed by atoms with Crippen LogP contribution < -0.4 is 10.6 Å². The third kappa shape index (κ3) is 8.83. The third-order valence-corrected chi connectivity index (χ3v) is 3.38. The predicted octanol–water partition coefficient (Wildman–Crippen LogP) is 2.07. The Bertz CT molecular complexity index is 305. The number of likely N-dealkylation sites (tertiary alicyclic amines) is 1. The van der Waals surface area contributed by atoms with Gasteiger partial charge in [0.15, 0.2) is 5.96 Å². The highest BCUT2D eigenvalue weighted by Crippen LogP contribution is 2.16. The molecular formula is C15H33IN4O. The van der Waals surface area contributed by atoms with Gasteiger partial charge in [0.2, 0.25) is 0 Å². The summed E-state index contributed by atoms with van der Waals surface area (Å²) >= 11 is 0. The van der Waals surface area contributed by atoms with Crippen molar-refractivity contribution in [2.45, 2.75) is 52.1 Å². The molecule has 6 heteroatoms. The van der Waals surface area contributed by atoms with Crippen molar-refractivity contribution in [3.8, 4) is 0 Å². The van der Waals surface area contributed by atoms with Gasteiger partial charge in [-0.1, -0.05) is 0 Å². The average molecular weight is 412 g/mol. The van der Waals surface area contributed by atoms with E-state index in [0.29, 0.717) is 6.04 Å². The topological polar surface area (TPSA) is 48.9 Å². The molecular weight excluding hydrogens is 379 g/mol. The molecule has 0 saturated carbocycles. The van der Waals surface area contributed by atoms with E-state index in [1.54, 1.807) is 7.11 Å². The first-order valence-electron chi connectivity index (χ1n) is 7.75. The van der Waals surface area contributed by atoms with E-state index in [1.165, 1.54) is 19.4 Å². The van der Waals surface area contributed by atoms with Crippen LogP contribution in [0.25, 0.3) is 0 Å². The van der Waals surface area contributed by atoms with E-state index in [1.807, 2.05) is 0 Å². The number of guanidine groups is 1. The molecule has 0 bridgehead atoms. The lowest BCUT2D eigenvalue weighted by atomic mass is 10.1. The molecule has 1 unspecified atom stereocenters. The van der Waals surface area contributed by atoms with Gasteiger partial charge in [0.1, 0.15) is 0 Å². The largest absolute Gasteiger partial charge is 0.383 e. The Hall–Kier alpha value is -0.0800. The number of nitrogens with zero attached hydrogens (tertiary/aromatic N) is 2. The van der Waals surface area contributed by atoms with E-state index in [4.69, 9.17) is 9.73 Å². The van der Waals surface area contributed by atoms with Gasteiger partial charge in [-0.25, -0.2) is 0 Å². The summed E-state index contributed by atoms with van der Waals surface area (Å²) in [6.45, 7) is 13.3. The molecule has 1 fully saturated rings. The number of hydrogen-bond acceptors (Lipinski definition) is 3. The van der Waals surface area contributed by atoms with Crippen molar-refractivity contribution in [1.82, 2.24) is 15.5 Å². The Morgan fingerprint density at radius 3 is 2.67 bits per heavy atom. The smallest absolute Gasteiger partial charge is 0.191 e. The summed E-state index contributed by atoms with van der Waals surface area (Å²) in [4.78, 5) is 7.24. The average Bonchev–Trinajstić information content (AvgIpc) is 2.79. The van der Waals surface area contributed by atoms with Gasteiger partial charge in [0.05, 0.1) is 13.2 Å². The second kappa shape index (κ2) is 10.6. The Kier molecular flexibility index (Phi) is 10.6. The van der Waals surface area contributed by atoms with E-state index in [-0.39, 0.29) is 29.5 Å². The van der Waals surface area contributed by atoms with Crippen molar-refractivity contribution in [1.29, 1.82) is 0 Å². The quantitative estimate of drug-likeness (QED) is 0.399. The monoisotopic (exact) mass is 412 g/mol. The van der Waals surface area contributed by atoms with Crippen molar-refractivity contribution in [3.05, 3.63) is 0 Å². The molecule has 1 aliphatic rings. The molecule has 1 atom stereocenters. The molecule has 126 valence electrons. The zero-order chi connectivity index (χ0) is 15.0. The fourth-order valence-electron chi connectivity index (χ4n) is 2.46. The van der Waals surface area contributed by atoms with Crippen molar-refractivity contribution < 1.29 is 4.74 Å². The van der Waals surface area contributed by atoms with Crippen molar-refractivity contribution in [3.63, 3.8) is 0 Å². The molecule has 21 heavy (non-hydrogen) atoms. The molecule has 0 aromatic rings. The number of halogens is 1. The van der Waals surface area contributed by atoms with Gasteiger partial charge in [-0.3, -0.25) is 9.89 Å². The lowest BCUT2D eigenvalue weighted by molar-refractivity contribution is 0.142. The van der Waals surface area contributed by atoms with Crippen LogP contribution in [0.5, 0.6) is 0 Å². The van der Waals surface area contributed by atoms with Crippen molar-refractivity contribution >= 4 is 29.9 Å². The van der Waals surface area contributed by atoms with E-state index in [0.717, 1.165) is 32.2 Å². The first-order chi connectivity index (χ1) is 9.46. The fourth-order valence-corrected chi connectivity index (χ4v) is 2.46. The van der Waals surface area contributed by atoms with Gasteiger partial charge in [0, 0.05) is 31.8 Å². The summed E-state index contributed by atoms with van der Waals surface area (Å²) in [7, 11) is 1.76. The fraction of sp³-hybridized carbons (Fsp3) is 0.933. The van der Waals surface area contributed by atoms with Gasteiger partial charge in [-0.05, 0) is 47.1 Å². The number of ether oxygens (including phenoxy) is 1. The molecule has 1 rings (SSSR count). The number of methoxy groups -OCH3 is 1. The maximum absolute atomic E-state index is 5.18. The number of rotatable bonds is 6. The summed E-state index contributed by atoms with van der Waals surface area (Å²) < 4.78 is 5.18. The van der Waals surface area contributed by atoms with Gasteiger partial charge in [-0.15, -0.1) is 24.0 Å². The Morgan fingerprint density at radius 2 is 2.10 bits per heavy atom. The minimum absolute atomic E-state index is 0. The van der Waals surface area contributed by atoms with Gasteiger partial charge in [0.25, 0.3) is 0 Å². The SMILES string of the molecule is CCNC(=NCC1CCCN1CCOC)NC(C)(C)C.I. The van der Waals surface area contributed by atoms with Crippen LogP contribution in [0.2, 0.25) is 0 Å². The Balaban J connectivity index is 0.00000400. The molecule has 0 aromatic heterocycles. The molecule has 0 radical (unpaired) electrons. The molecule has 0 aliphatic carbocycles. The van der Waals surface area contributed by atoms with Crippen LogP contribution in [-0.2, 0) is 4.74 Å². The maximum atomic E-state index is 5.18. The van der Waals surface area contributed by atoms with E-state index in [9.17, 15) is 0 Å². The van der Waals surface area contributed by atoms with Crippen LogP contribution in [-0.4, -0.2) is 62.3 Å². The highest BCUT2D eigenvalue weighted by atomic mass is 127. The molecule has 5 nitrogen and oxygen atoms in total. The van der Waals surface area contributed by atoms with Crippen LogP contribution in [0.15, 0.2) is 4.99 Å². The summed E-state index contributed by atoms with van der Waals surface area (Å²) in [5, 5.41) is 6.75. The minimum Gasteiger partial charge on any atom is -0.383 e. The first-order valence-corrected chi connectivity index (χ1v) is 7.75. The van der Waals surface area contributed by atoms with E-state index in [2.05, 4.69) is 43.2 Å². The van der Waals surface area contributed by atoms with E-state index < -0.39 is 0 Å². The van der Waals surface area contributed by atoms with Crippen LogP contribution in [0.1, 0.15) is 40.5 Å². The summed E-state index contributed by atoms with van der Waals surface area (Å²) in [5.41, 5.74) is 0.0341. The minimum atomic E-state index is 0. The number of hydrogen-bond donors (Lipinski definition) is 2. The Morgan fingerprint density at radius 1 is 1.38 bits per heavy atom. The van der Waals surface area contributed by atoms with Crippen molar-refractivity contribution in [2.75, 3.05) is 39.9 Å². The summed E-state index contributed by atoms with van der Waals surface area (Å²) in [6, 6.07) is 0.556. The predicted molar refractivity (Wildman–Crippen MR) is 101 cm³/mol. The zero-order valence-electron chi connectivity index (χ0n) is 14.2. The first kappa shape index (κ1) is 20.9. The zero-order valence-corrected chi connectivity index (χ0v) is 16.6. The van der Waals surface area contributed by atoms with Crippen LogP contribution in [0.3, 0.4) is 0 Å². The number of aliphatic imine (C=N–C) groups is 1. The van der Waals surface area contributed by atoms with Crippen LogP contribution in [0, 0.1) is 0 Å². The van der Waals surface area contributed by atoms with Crippen molar-refractivity contribution in [2.24, 2.45) is 4.99 Å². The van der Waals surface area contributed by atoms with Gasteiger partial charge < -0.3 is 15.4 Å². The third-order valence-electron chi connectivity index (χ3n) is 3.38. The summed E-state index contributed by atoms with van der Waals surface area (Å²) in [5.74, 6) is 0.915. The molecule has 1 heterocycles. The second-order valence-corrected chi connectivity index (χ2v) is 6.42. The lowest BCUT2D eigenvalue weighted by Gasteiger charge is -2.26. The molecule has 1 saturated heterocycles. The molecule has 1 aliphatic heterocycles. The summed E-state index contributed by atoms with van der Waals surface area (Å²) in [6.07, 6.45) is 2.51.